The molecule has 0 radical (unpaired) electrons. The fourth-order valence-electron chi connectivity index (χ4n) is 11.1. The van der Waals surface area contributed by atoms with Crippen LogP contribution in [0.1, 0.15) is 155 Å². The van der Waals surface area contributed by atoms with Crippen LogP contribution in [-0.4, -0.2) is 268 Å². The lowest BCUT2D eigenvalue weighted by Gasteiger charge is -2.42. The van der Waals surface area contributed by atoms with Gasteiger partial charge >= 0.3 is 10.4 Å². The van der Waals surface area contributed by atoms with Crippen LogP contribution < -0.4 is 0 Å². The van der Waals surface area contributed by atoms with Crippen molar-refractivity contribution in [1.29, 1.82) is 0 Å². The summed E-state index contributed by atoms with van der Waals surface area (Å²) in [6.45, 7) is 10.0. The Morgan fingerprint density at radius 2 is 1.11 bits per heavy atom. The third kappa shape index (κ3) is 36.0. The molecule has 21 N–H and O–H groups in total. The number of hydrogen-bond donors (Lipinski definition) is 21. The molecule has 0 unspecified atom stereocenters. The third-order valence-corrected chi connectivity index (χ3v) is 17.5. The highest BCUT2D eigenvalue weighted by Crippen LogP contribution is 2.32. The van der Waals surface area contributed by atoms with Crippen LogP contribution in [0.3, 0.4) is 0 Å². The lowest BCUT2D eigenvalue weighted by atomic mass is 9.87. The zero-order valence-electron chi connectivity index (χ0n) is 55.0. The number of aliphatic hydroxyl groups is 20. The van der Waals surface area contributed by atoms with Crippen LogP contribution in [0.2, 0.25) is 0 Å². The zero-order chi connectivity index (χ0) is 71.4. The molecular formula is C68H116O26S. The van der Waals surface area contributed by atoms with E-state index in [0.717, 1.165) is 12.8 Å². The highest BCUT2D eigenvalue weighted by Gasteiger charge is 2.47. The maximum Gasteiger partial charge on any atom is 0.397 e. The number of ether oxygens (including phenoxy) is 2. The molecule has 0 aromatic carbocycles. The van der Waals surface area contributed by atoms with E-state index in [-0.39, 0.29) is 76.2 Å². The Bertz CT molecular complexity index is 2420. The summed E-state index contributed by atoms with van der Waals surface area (Å²) >= 11 is 0. The molecule has 2 saturated heterocycles. The minimum absolute atomic E-state index is 0.000688. The first kappa shape index (κ1) is 87.7. The summed E-state index contributed by atoms with van der Waals surface area (Å²) in [6, 6.07) is 0. The molecule has 550 valence electrons. The van der Waals surface area contributed by atoms with Gasteiger partial charge in [-0.15, -0.1) is 6.58 Å². The second kappa shape index (κ2) is 47.7. The van der Waals surface area contributed by atoms with Gasteiger partial charge in [-0.1, -0.05) is 123 Å². The fourth-order valence-corrected chi connectivity index (χ4v) is 11.4. The molecule has 2 aliphatic rings. The number of unbranched alkanes of at least 4 members (excludes halogenated alkanes) is 4. The van der Waals surface area contributed by atoms with Gasteiger partial charge in [-0.3, -0.25) is 4.55 Å². The molecule has 0 saturated carbocycles. The van der Waals surface area contributed by atoms with Crippen LogP contribution in [-0.2, 0) is 24.1 Å². The average molecular weight is 1380 g/mol. The van der Waals surface area contributed by atoms with E-state index in [1.165, 1.54) is 30.4 Å². The van der Waals surface area contributed by atoms with Crippen LogP contribution in [0.5, 0.6) is 0 Å². The number of allylic oxidation sites excluding steroid dienone is 9. The zero-order valence-corrected chi connectivity index (χ0v) is 55.9. The van der Waals surface area contributed by atoms with Crippen molar-refractivity contribution in [1.82, 2.24) is 0 Å². The van der Waals surface area contributed by atoms with Gasteiger partial charge in [-0.05, 0) is 121 Å². The van der Waals surface area contributed by atoms with E-state index in [0.29, 0.717) is 63.4 Å². The Morgan fingerprint density at radius 3 is 1.74 bits per heavy atom. The Labute approximate surface area is 560 Å². The first-order valence-electron chi connectivity index (χ1n) is 33.3. The summed E-state index contributed by atoms with van der Waals surface area (Å²) in [6.07, 6.45) is -4.26. The molecule has 26 nitrogen and oxygen atoms in total. The van der Waals surface area contributed by atoms with Crippen molar-refractivity contribution in [2.75, 3.05) is 6.61 Å². The summed E-state index contributed by atoms with van der Waals surface area (Å²) < 4.78 is 45.4. The van der Waals surface area contributed by atoms with Gasteiger partial charge in [0.15, 0.2) is 0 Å². The molecule has 0 bridgehead atoms. The predicted octanol–water partition coefficient (Wildman–Crippen LogP) is 0.803. The van der Waals surface area contributed by atoms with Gasteiger partial charge < -0.3 is 112 Å². The lowest BCUT2D eigenvalue weighted by molar-refractivity contribution is -0.234. The fraction of sp³-hybridized carbons (Fsp3) is 0.735. The molecule has 0 amide bonds. The van der Waals surface area contributed by atoms with Crippen molar-refractivity contribution in [3.63, 3.8) is 0 Å². The highest BCUT2D eigenvalue weighted by atomic mass is 32.3. The maximum absolute atomic E-state index is 11.2. The smallest absolute Gasteiger partial charge is 0.393 e. The summed E-state index contributed by atoms with van der Waals surface area (Å²) in [7, 11) is -4.67. The highest BCUT2D eigenvalue weighted by molar-refractivity contribution is 7.80. The number of hydrogen-bond acceptors (Lipinski definition) is 25. The van der Waals surface area contributed by atoms with E-state index in [1.54, 1.807) is 26.0 Å². The van der Waals surface area contributed by atoms with Gasteiger partial charge in [-0.2, -0.15) is 8.42 Å². The quantitative estimate of drug-likeness (QED) is 0.0173. The summed E-state index contributed by atoms with van der Waals surface area (Å²) in [5.74, 6) is -0.693. The van der Waals surface area contributed by atoms with Gasteiger partial charge in [0.1, 0.15) is 61.0 Å². The van der Waals surface area contributed by atoms with Crippen molar-refractivity contribution in [2.45, 2.75) is 302 Å². The number of aliphatic hydroxyl groups excluding tert-OH is 20. The molecular weight excluding hydrogens is 1260 g/mol. The molecule has 25 atom stereocenters. The number of rotatable bonds is 50. The molecule has 0 spiro atoms. The van der Waals surface area contributed by atoms with Gasteiger partial charge in [0.2, 0.25) is 0 Å². The van der Waals surface area contributed by atoms with Gasteiger partial charge in [-0.25, -0.2) is 4.18 Å². The van der Waals surface area contributed by atoms with Crippen LogP contribution >= 0.6 is 0 Å². The Hall–Kier alpha value is -3.35. The average Bonchev–Trinajstić information content (AvgIpc) is 0.822. The monoisotopic (exact) mass is 1380 g/mol. The first-order valence-corrected chi connectivity index (χ1v) is 34.6. The van der Waals surface area contributed by atoms with E-state index in [9.17, 15) is 111 Å². The van der Waals surface area contributed by atoms with Crippen molar-refractivity contribution < 1.29 is 129 Å². The van der Waals surface area contributed by atoms with Gasteiger partial charge in [0, 0.05) is 19.3 Å². The second-order valence-corrected chi connectivity index (χ2v) is 26.6. The Balaban J connectivity index is 1.75. The normalized spacial score (nSPS) is 26.7. The first-order chi connectivity index (χ1) is 44.8. The molecule has 2 rings (SSSR count). The Kier molecular flexibility index (Phi) is 44.0. The summed E-state index contributed by atoms with van der Waals surface area (Å²) in [5.41, 5.74) is 0.465. The Morgan fingerprint density at radius 1 is 0.547 bits per heavy atom. The standard InChI is InChI=1S/C68H116O26S/c1-5-6-7-8-9-10-11-12-13-14-15-18-31-52(76)62(84)67-65(87)57(81)40-59(94-67)66(88)61(83)43(3)33-35-51(75)58-39-56(80)64(86)68(93-58)63(85)54(78)36-42(2)32-34-48(72)38-55(79)60(82)44(4)37-53(77)50(74)30-19-16-17-23-45(69)24-20-25-46(70)26-21-27-47(71)28-22-29-49(73)41-92-95(89,90)91/h5,8-13,18,21-22,26,28,31,36,44-88H,1,3,6-7,14-17,19-20,23-25,27,29-30,32-35,37-41H2,2,4H3,(H,89,90,91)/b9-8+,11-10+,13-12+,26-21+,28-22+,31-18+,42-36+/t44-,45+,46+,47+,48-,49-,50-,51+,52+,53-,54+,55-,56+,57+,58+,59+,60+,61+,62-,63-,64+,65+,66-,67-,68-/m0/s1. The van der Waals surface area contributed by atoms with Crippen LogP contribution in [0, 0.1) is 5.92 Å². The lowest BCUT2D eigenvalue weighted by Crippen LogP contribution is -2.59. The molecule has 2 fully saturated rings. The molecule has 2 heterocycles. The third-order valence-electron chi connectivity index (χ3n) is 17.1. The van der Waals surface area contributed by atoms with Crippen LogP contribution in [0.4, 0.5) is 0 Å². The molecule has 27 heteroatoms. The topological polar surface area (TPSA) is 487 Å². The van der Waals surface area contributed by atoms with Crippen molar-refractivity contribution in [2.24, 2.45) is 5.92 Å². The van der Waals surface area contributed by atoms with E-state index in [1.807, 2.05) is 42.5 Å². The van der Waals surface area contributed by atoms with Gasteiger partial charge in [0.05, 0.1) is 92.1 Å². The maximum atomic E-state index is 11.2. The van der Waals surface area contributed by atoms with E-state index in [4.69, 9.17) is 14.0 Å². The summed E-state index contributed by atoms with van der Waals surface area (Å²) in [5, 5.41) is 214. The molecule has 2 aliphatic heterocycles. The van der Waals surface area contributed by atoms with E-state index >= 15 is 0 Å². The molecule has 95 heavy (non-hydrogen) atoms. The molecule has 0 aliphatic carbocycles. The second-order valence-electron chi connectivity index (χ2n) is 25.5. The minimum atomic E-state index is -4.67. The van der Waals surface area contributed by atoms with Gasteiger partial charge in [0.25, 0.3) is 0 Å². The van der Waals surface area contributed by atoms with Crippen molar-refractivity contribution in [3.8, 4) is 0 Å². The van der Waals surface area contributed by atoms with Crippen LogP contribution in [0.25, 0.3) is 0 Å². The van der Waals surface area contributed by atoms with Crippen LogP contribution in [0.15, 0.2) is 109 Å². The molecule has 0 aromatic heterocycles. The minimum Gasteiger partial charge on any atom is -0.393 e. The van der Waals surface area contributed by atoms with E-state index in [2.05, 4.69) is 17.3 Å². The largest absolute Gasteiger partial charge is 0.397 e. The molecule has 0 aromatic rings. The predicted molar refractivity (Wildman–Crippen MR) is 354 cm³/mol. The van der Waals surface area contributed by atoms with Crippen molar-refractivity contribution >= 4 is 10.4 Å². The SMILES string of the molecule is C=CCC/C=C/C=C/C=C/CC/C=C/[C@@H](O)[C@H](O)[C@@H]1O[C@@H]([C@H](O)[C@H](O)C(=C)CC[C@@H](O)[C@H]2C[C@@H](O)[C@@H](O)[C@H]([C@@H](O)[C@H](O)/C=C(\C)CC[C@H](O)C[C@H](O)[C@H](O)[C@@H](C)C[C@H](O)[C@@H](O)CCCCC[C@@H](O)CCC[C@@H](O)/C=C/C[C@@H](O)/C=C/C[C@H](O)COS(=O)(=O)O)O2)C[C@@H](O)[C@H]1O. The van der Waals surface area contributed by atoms with E-state index < -0.39 is 169 Å². The summed E-state index contributed by atoms with van der Waals surface area (Å²) in [4.78, 5) is 0. The van der Waals surface area contributed by atoms with Crippen molar-refractivity contribution in [3.05, 3.63) is 109 Å².